The van der Waals surface area contributed by atoms with Crippen LogP contribution in [-0.4, -0.2) is 183 Å². The van der Waals surface area contributed by atoms with Crippen molar-refractivity contribution < 1.29 is 88.8 Å². The lowest BCUT2D eigenvalue weighted by Gasteiger charge is -2.47. The van der Waals surface area contributed by atoms with Gasteiger partial charge in [0, 0.05) is 50.5 Å². The minimum absolute atomic E-state index is 0.0151. The van der Waals surface area contributed by atoms with E-state index in [-0.39, 0.29) is 63.4 Å². The van der Waals surface area contributed by atoms with Crippen molar-refractivity contribution in [2.24, 2.45) is 22.9 Å². The van der Waals surface area contributed by atoms with E-state index in [9.17, 15) is 55.5 Å². The summed E-state index contributed by atoms with van der Waals surface area (Å²) in [5.41, 5.74) is 4.11. The molecule has 6 rings (SSSR count). The fourth-order valence-electron chi connectivity index (χ4n) is 11.1. The largest absolute Gasteiger partial charge is 0.462 e. The summed E-state index contributed by atoms with van der Waals surface area (Å²) in [4.78, 5) is 31.4. The summed E-state index contributed by atoms with van der Waals surface area (Å²) in [6, 6.07) is 14.5. The number of carbonyl (C=O) groups excluding carboxylic acids is 2. The van der Waals surface area contributed by atoms with Crippen molar-refractivity contribution in [3.05, 3.63) is 145 Å². The third kappa shape index (κ3) is 19.4. The number of alkyl carbamates (subject to hydrolysis) is 1. The van der Waals surface area contributed by atoms with Crippen LogP contribution in [0.3, 0.4) is 0 Å². The van der Waals surface area contributed by atoms with Crippen LogP contribution in [0.15, 0.2) is 139 Å². The Bertz CT molecular complexity index is 2570. The Hall–Kier alpha value is -5.69. The first kappa shape index (κ1) is 67.4. The molecule has 1 amide bonds. The first-order valence-corrected chi connectivity index (χ1v) is 29.0. The number of amides is 1. The number of hydrogen-bond donors (Lipinski definition) is 10. The van der Waals surface area contributed by atoms with Crippen LogP contribution in [-0.2, 0) is 38.1 Å². The van der Waals surface area contributed by atoms with Gasteiger partial charge in [0.1, 0.15) is 32.0 Å². The normalized spacial score (nSPS) is 38.4. The van der Waals surface area contributed by atoms with Crippen LogP contribution < -0.4 is 5.32 Å². The van der Waals surface area contributed by atoms with Crippen LogP contribution >= 0.6 is 0 Å². The number of aliphatic hydroxyl groups is 9. The Morgan fingerprint density at radius 2 is 1.26 bits per heavy atom. The van der Waals surface area contributed by atoms with E-state index in [1.54, 1.807) is 51.2 Å². The zero-order valence-electron chi connectivity index (χ0n) is 48.8. The molecule has 4 aliphatic rings. The second kappa shape index (κ2) is 33.3. The molecule has 1 aliphatic carbocycles. The van der Waals surface area contributed by atoms with Gasteiger partial charge in [-0.25, -0.2) is 4.79 Å². The molecule has 3 heterocycles. The molecule has 0 saturated carbocycles. The van der Waals surface area contributed by atoms with Gasteiger partial charge in [0.25, 0.3) is 0 Å². The number of nitrogens with one attached hydrogen (secondary N) is 1. The maximum atomic E-state index is 13.6. The van der Waals surface area contributed by atoms with Crippen LogP contribution in [0.5, 0.6) is 0 Å². The molecule has 2 aromatic carbocycles. The number of cyclic esters (lactones) is 1. The molecule has 10 N–H and O–H groups in total. The van der Waals surface area contributed by atoms with E-state index in [1.807, 2.05) is 110 Å². The second-order valence-corrected chi connectivity index (χ2v) is 22.3. The summed E-state index contributed by atoms with van der Waals surface area (Å²) in [7, 11) is 2.67. The van der Waals surface area contributed by atoms with E-state index in [4.69, 9.17) is 33.3 Å². The molecule has 20 heteroatoms. The first-order valence-electron chi connectivity index (χ1n) is 29.0. The van der Waals surface area contributed by atoms with E-state index >= 15 is 0 Å². The number of ether oxygens (including phenoxy) is 6. The molecule has 84 heavy (non-hydrogen) atoms. The quantitative estimate of drug-likeness (QED) is 0.0887. The molecule has 20 nitrogen and oxygen atoms in total. The molecule has 2 bridgehead atoms. The van der Waals surface area contributed by atoms with E-state index in [2.05, 4.69) is 10.5 Å². The van der Waals surface area contributed by atoms with Crippen LogP contribution in [0.25, 0.3) is 11.1 Å². The van der Waals surface area contributed by atoms with Gasteiger partial charge in [-0.15, -0.1) is 0 Å². The molecule has 0 aromatic heterocycles. The number of nitrogens with zero attached hydrogens (tertiary/aromatic N) is 1. The lowest BCUT2D eigenvalue weighted by atomic mass is 9.83. The predicted molar refractivity (Wildman–Crippen MR) is 314 cm³/mol. The minimum atomic E-state index is -1.69. The third-order valence-electron chi connectivity index (χ3n) is 16.1. The highest BCUT2D eigenvalue weighted by Crippen LogP contribution is 2.45. The molecule has 0 unspecified atom stereocenters. The van der Waals surface area contributed by atoms with Gasteiger partial charge in [-0.1, -0.05) is 153 Å². The zero-order chi connectivity index (χ0) is 60.9. The summed E-state index contributed by atoms with van der Waals surface area (Å²) >= 11 is 0. The van der Waals surface area contributed by atoms with Crippen molar-refractivity contribution in [2.75, 3.05) is 20.8 Å². The van der Waals surface area contributed by atoms with Gasteiger partial charge in [-0.05, 0) is 55.4 Å². The van der Waals surface area contributed by atoms with Gasteiger partial charge in [0.2, 0.25) is 0 Å². The van der Waals surface area contributed by atoms with Crippen LogP contribution in [0, 0.1) is 17.8 Å². The molecule has 2 saturated heterocycles. The topological polar surface area (TPSA) is 305 Å². The first-order chi connectivity index (χ1) is 40.2. The number of methoxy groups -OCH3 is 1. The number of aliphatic hydroxyl groups excluding tert-OH is 9. The molecule has 2 aromatic rings. The highest BCUT2D eigenvalue weighted by atomic mass is 16.7. The van der Waals surface area contributed by atoms with Crippen molar-refractivity contribution in [3.8, 4) is 11.1 Å². The van der Waals surface area contributed by atoms with Crippen molar-refractivity contribution in [1.29, 1.82) is 0 Å². The molecule has 462 valence electrons. The standard InChI is InChI=1S/C64H88N2O18/c1-39-23-17-15-13-11-9-7-8-10-12-14-16-18-24-46(83-62-61(76)58(60(75)42(4)82-62)66-63(77)80-38-52-49-27-21-19-25-47(49)48-26-20-22-28-50(48)52)34-56-51(37-65-79-6)55(72)36-64(78-5,84-56)35-45(69)32-54(71)53(70)30-29-43(67)31-44(68)33-57(73)81-41(3)40(2)59(39)74/h7-28,37,39-46,51-56,58-62,67-72,74-76H,29-36,38H2,1-6H3,(H,66,77)/b8-7+,11-9+,12-10+,15-13+,16-14+,23-17+,24-18+,65-37-/t39-,40-,41-,42+,43+,44+,45-,46-,51+,53+,54+,55-,56-,58-,59+,60+,61-,62-,64+/m0/s1. The Morgan fingerprint density at radius 3 is 1.87 bits per heavy atom. The van der Waals surface area contributed by atoms with Crippen molar-refractivity contribution in [1.82, 2.24) is 5.32 Å². The fraction of sp³-hybridized carbons (Fsp3) is 0.547. The highest BCUT2D eigenvalue weighted by molar-refractivity contribution is 5.79. The Balaban J connectivity index is 1.22. The van der Waals surface area contributed by atoms with Gasteiger partial charge in [0.05, 0.1) is 85.6 Å². The summed E-state index contributed by atoms with van der Waals surface area (Å²) in [6.07, 6.45) is 6.82. The van der Waals surface area contributed by atoms with E-state index in [0.717, 1.165) is 22.3 Å². The summed E-state index contributed by atoms with van der Waals surface area (Å²) < 4.78 is 36.5. The number of benzene rings is 2. The van der Waals surface area contributed by atoms with E-state index in [0.29, 0.717) is 0 Å². The number of fused-ring (bicyclic) bond motifs is 5. The average Bonchev–Trinajstić information content (AvgIpc) is 2.14. The molecule has 2 fully saturated rings. The maximum Gasteiger partial charge on any atom is 0.407 e. The lowest BCUT2D eigenvalue weighted by molar-refractivity contribution is -0.313. The number of esters is 1. The minimum Gasteiger partial charge on any atom is -0.462 e. The molecule has 0 spiro atoms. The predicted octanol–water partition coefficient (Wildman–Crippen LogP) is 5.49. The number of hydrogen-bond acceptors (Lipinski definition) is 19. The molecule has 19 atom stereocenters. The summed E-state index contributed by atoms with van der Waals surface area (Å²) in [6.45, 7) is 6.82. The van der Waals surface area contributed by atoms with Crippen molar-refractivity contribution >= 4 is 18.3 Å². The number of rotatable bonds is 8. The van der Waals surface area contributed by atoms with Gasteiger partial charge in [-0.3, -0.25) is 4.79 Å². The van der Waals surface area contributed by atoms with Gasteiger partial charge in [0.15, 0.2) is 12.1 Å². The van der Waals surface area contributed by atoms with E-state index < -0.39 is 128 Å². The van der Waals surface area contributed by atoms with Crippen molar-refractivity contribution in [2.45, 2.75) is 182 Å². The Labute approximate surface area is 492 Å². The van der Waals surface area contributed by atoms with Crippen molar-refractivity contribution in [3.63, 3.8) is 0 Å². The fourth-order valence-corrected chi connectivity index (χ4v) is 11.1. The SMILES string of the molecule is CO/N=C\[C@H]1[C@@H]2C[C@@H](O[C@@H]3O[C@H](C)[C@@H](O)[C@H](NC(=O)OCC4c5ccccc5-c5ccccc54)[C@@H]3O)/C=C/C=C/C=C/C=C/C=C/C=C/C=C/[C@H](C)[C@@H](O)[C@@H](C)[C@H](C)OC(=O)C[C@H](O)C[C@H](O)CC[C@@H](O)[C@H](O)C[C@H](O)C[C@](OC)(C[C@@H]1O)O2. The van der Waals surface area contributed by atoms with Crippen LogP contribution in [0.1, 0.15) is 96.1 Å². The van der Waals surface area contributed by atoms with Gasteiger partial charge >= 0.3 is 12.1 Å². The van der Waals surface area contributed by atoms with Crippen LogP contribution in [0.2, 0.25) is 0 Å². The number of allylic oxidation sites excluding steroid dienone is 12. The highest BCUT2D eigenvalue weighted by Gasteiger charge is 2.50. The van der Waals surface area contributed by atoms with Crippen LogP contribution in [0.4, 0.5) is 4.79 Å². The molecule has 0 radical (unpaired) electrons. The zero-order valence-corrected chi connectivity index (χ0v) is 48.8. The summed E-state index contributed by atoms with van der Waals surface area (Å²) in [5.74, 6) is -4.25. The molecular formula is C64H88N2O18. The van der Waals surface area contributed by atoms with E-state index in [1.165, 1.54) is 20.4 Å². The van der Waals surface area contributed by atoms with Gasteiger partial charge < -0.3 is 84.5 Å². The third-order valence-corrected chi connectivity index (χ3v) is 16.1. The second-order valence-electron chi connectivity index (χ2n) is 22.3. The average molecular weight is 1170 g/mol. The molecular weight excluding hydrogens is 1080 g/mol. The number of oxime groups is 1. The Kier molecular flexibility index (Phi) is 26.7. The summed E-state index contributed by atoms with van der Waals surface area (Å²) in [5, 5.41) is 108. The smallest absolute Gasteiger partial charge is 0.407 e. The van der Waals surface area contributed by atoms with Gasteiger partial charge in [-0.2, -0.15) is 0 Å². The monoisotopic (exact) mass is 1170 g/mol. The Morgan fingerprint density at radius 1 is 0.667 bits per heavy atom. The maximum absolute atomic E-state index is 13.6. The number of carbonyl (C=O) groups is 2. The lowest BCUT2D eigenvalue weighted by Crippen LogP contribution is -2.64. The molecule has 3 aliphatic heterocycles.